The summed E-state index contributed by atoms with van der Waals surface area (Å²) in [5.74, 6) is -0.470. The second-order valence-corrected chi connectivity index (χ2v) is 7.58. The first-order chi connectivity index (χ1) is 8.34. The predicted molar refractivity (Wildman–Crippen MR) is 74.8 cm³/mol. The Morgan fingerprint density at radius 3 is 2.17 bits per heavy atom. The first-order valence-corrected chi connectivity index (χ1v) is 8.23. The summed E-state index contributed by atoms with van der Waals surface area (Å²) in [6, 6.07) is 3.64. The highest BCUT2D eigenvalue weighted by Crippen LogP contribution is 2.46. The molecular formula is C14H21O3P. The average molecular weight is 268 g/mol. The SMILES string of the molecule is CCP(=O)(CC)OC(=O)c1ccc(C)c(C)c1C. The molecule has 1 aromatic rings. The van der Waals surface area contributed by atoms with Crippen LogP contribution in [0.2, 0.25) is 0 Å². The molecular weight excluding hydrogens is 247 g/mol. The van der Waals surface area contributed by atoms with Crippen molar-refractivity contribution in [2.45, 2.75) is 34.6 Å². The van der Waals surface area contributed by atoms with E-state index in [1.807, 2.05) is 26.8 Å². The maximum absolute atomic E-state index is 12.2. The minimum absolute atomic E-state index is 0.388. The Morgan fingerprint density at radius 1 is 1.11 bits per heavy atom. The van der Waals surface area contributed by atoms with E-state index in [2.05, 4.69) is 0 Å². The third-order valence-electron chi connectivity index (χ3n) is 3.49. The molecule has 0 bridgehead atoms. The minimum Gasteiger partial charge on any atom is -0.408 e. The summed E-state index contributed by atoms with van der Waals surface area (Å²) in [6.45, 7) is 9.43. The van der Waals surface area contributed by atoms with Gasteiger partial charge in [0.2, 0.25) is 0 Å². The van der Waals surface area contributed by atoms with E-state index in [1.54, 1.807) is 19.9 Å². The van der Waals surface area contributed by atoms with E-state index < -0.39 is 13.3 Å². The zero-order chi connectivity index (χ0) is 13.9. The lowest BCUT2D eigenvalue weighted by atomic mass is 9.99. The van der Waals surface area contributed by atoms with Crippen LogP contribution in [0.3, 0.4) is 0 Å². The highest BCUT2D eigenvalue weighted by atomic mass is 31.2. The summed E-state index contributed by atoms with van der Waals surface area (Å²) in [7, 11) is -2.80. The third kappa shape index (κ3) is 3.02. The fraction of sp³-hybridized carbons (Fsp3) is 0.500. The maximum atomic E-state index is 12.2. The van der Waals surface area contributed by atoms with E-state index in [1.165, 1.54) is 0 Å². The average Bonchev–Trinajstić information content (AvgIpc) is 2.35. The highest BCUT2D eigenvalue weighted by Gasteiger charge is 2.24. The fourth-order valence-corrected chi connectivity index (χ4v) is 2.84. The number of carbonyl (C=O) groups excluding carboxylic acids is 1. The molecule has 0 atom stereocenters. The zero-order valence-electron chi connectivity index (χ0n) is 11.7. The number of hydrogen-bond donors (Lipinski definition) is 0. The lowest BCUT2D eigenvalue weighted by Crippen LogP contribution is -2.09. The number of aryl methyl sites for hydroxylation is 1. The zero-order valence-corrected chi connectivity index (χ0v) is 12.6. The predicted octanol–water partition coefficient (Wildman–Crippen LogP) is 4.09. The molecule has 0 aliphatic heterocycles. The Kier molecular flexibility index (Phi) is 4.75. The summed E-state index contributed by atoms with van der Waals surface area (Å²) in [4.78, 5) is 12.1. The van der Waals surface area contributed by atoms with Crippen LogP contribution in [-0.2, 0) is 9.09 Å². The van der Waals surface area contributed by atoms with E-state index in [9.17, 15) is 9.36 Å². The Morgan fingerprint density at radius 2 is 1.67 bits per heavy atom. The van der Waals surface area contributed by atoms with Crippen LogP contribution in [0.4, 0.5) is 0 Å². The smallest absolute Gasteiger partial charge is 0.343 e. The number of benzene rings is 1. The lowest BCUT2D eigenvalue weighted by Gasteiger charge is -2.16. The van der Waals surface area contributed by atoms with E-state index in [0.29, 0.717) is 17.9 Å². The van der Waals surface area contributed by atoms with Crippen LogP contribution in [0.5, 0.6) is 0 Å². The Balaban J connectivity index is 3.06. The molecule has 0 aromatic heterocycles. The van der Waals surface area contributed by atoms with Crippen molar-refractivity contribution in [2.75, 3.05) is 12.3 Å². The number of carbonyl (C=O) groups is 1. The lowest BCUT2D eigenvalue weighted by molar-refractivity contribution is 0.0740. The molecule has 0 N–H and O–H groups in total. The Bertz CT molecular complexity index is 498. The molecule has 1 rings (SSSR count). The summed E-state index contributed by atoms with van der Waals surface area (Å²) in [5.41, 5.74) is 3.63. The normalized spacial score (nSPS) is 11.4. The van der Waals surface area contributed by atoms with E-state index in [0.717, 1.165) is 16.7 Å². The largest absolute Gasteiger partial charge is 0.408 e. The van der Waals surface area contributed by atoms with Crippen molar-refractivity contribution in [1.82, 2.24) is 0 Å². The van der Waals surface area contributed by atoms with Crippen LogP contribution in [-0.4, -0.2) is 18.3 Å². The van der Waals surface area contributed by atoms with Gasteiger partial charge in [0, 0.05) is 12.3 Å². The molecule has 18 heavy (non-hydrogen) atoms. The summed E-state index contributed by atoms with van der Waals surface area (Å²) in [5, 5.41) is 0. The summed E-state index contributed by atoms with van der Waals surface area (Å²) in [6.07, 6.45) is 0.776. The Labute approximate surface area is 109 Å². The molecule has 0 unspecified atom stereocenters. The van der Waals surface area contributed by atoms with Gasteiger partial charge in [-0.15, -0.1) is 0 Å². The van der Waals surface area contributed by atoms with Gasteiger partial charge in [-0.1, -0.05) is 19.9 Å². The topological polar surface area (TPSA) is 43.4 Å². The van der Waals surface area contributed by atoms with Gasteiger partial charge >= 0.3 is 5.97 Å². The van der Waals surface area contributed by atoms with Crippen molar-refractivity contribution in [1.29, 1.82) is 0 Å². The number of hydrogen-bond acceptors (Lipinski definition) is 3. The minimum atomic E-state index is -2.80. The molecule has 3 nitrogen and oxygen atoms in total. The van der Waals surface area contributed by atoms with Gasteiger partial charge in [0.15, 0.2) is 0 Å². The van der Waals surface area contributed by atoms with Gasteiger partial charge in [-0.2, -0.15) is 0 Å². The Hall–Kier alpha value is -1.08. The monoisotopic (exact) mass is 268 g/mol. The molecule has 0 aliphatic carbocycles. The first kappa shape index (κ1) is 15.0. The van der Waals surface area contributed by atoms with Crippen molar-refractivity contribution in [3.8, 4) is 0 Å². The van der Waals surface area contributed by atoms with Crippen LogP contribution >= 0.6 is 7.37 Å². The molecule has 0 aliphatic rings. The van der Waals surface area contributed by atoms with Crippen molar-refractivity contribution in [3.05, 3.63) is 34.4 Å². The van der Waals surface area contributed by atoms with Crippen molar-refractivity contribution in [2.24, 2.45) is 0 Å². The van der Waals surface area contributed by atoms with Crippen LogP contribution in [0.15, 0.2) is 12.1 Å². The third-order valence-corrected chi connectivity index (χ3v) is 5.92. The second-order valence-electron chi connectivity index (χ2n) is 4.51. The van der Waals surface area contributed by atoms with Crippen molar-refractivity contribution >= 4 is 13.3 Å². The van der Waals surface area contributed by atoms with Gasteiger partial charge in [-0.05, 0) is 43.5 Å². The molecule has 0 spiro atoms. The highest BCUT2D eigenvalue weighted by molar-refractivity contribution is 7.59. The molecule has 0 fully saturated rings. The molecule has 4 heteroatoms. The molecule has 0 heterocycles. The number of rotatable bonds is 4. The first-order valence-electron chi connectivity index (χ1n) is 6.23. The maximum Gasteiger partial charge on any atom is 0.343 e. The molecule has 100 valence electrons. The van der Waals surface area contributed by atoms with Gasteiger partial charge < -0.3 is 4.52 Å². The van der Waals surface area contributed by atoms with E-state index in [4.69, 9.17) is 4.52 Å². The van der Waals surface area contributed by atoms with Gasteiger partial charge in [-0.3, -0.25) is 4.57 Å². The van der Waals surface area contributed by atoms with E-state index in [-0.39, 0.29) is 0 Å². The van der Waals surface area contributed by atoms with Gasteiger partial charge in [0.05, 0.1) is 5.56 Å². The van der Waals surface area contributed by atoms with Gasteiger partial charge in [0.25, 0.3) is 7.37 Å². The molecule has 0 radical (unpaired) electrons. The molecule has 0 saturated carbocycles. The quantitative estimate of drug-likeness (QED) is 0.772. The molecule has 1 aromatic carbocycles. The van der Waals surface area contributed by atoms with E-state index >= 15 is 0 Å². The molecule has 0 saturated heterocycles. The van der Waals surface area contributed by atoms with Gasteiger partial charge in [0.1, 0.15) is 0 Å². The van der Waals surface area contributed by atoms with Crippen LogP contribution in [0, 0.1) is 20.8 Å². The van der Waals surface area contributed by atoms with Crippen molar-refractivity contribution < 1.29 is 13.9 Å². The van der Waals surface area contributed by atoms with Crippen molar-refractivity contribution in [3.63, 3.8) is 0 Å². The van der Waals surface area contributed by atoms with Crippen LogP contribution < -0.4 is 0 Å². The molecule has 0 amide bonds. The standard InChI is InChI=1S/C14H21O3P/c1-6-18(16,7-2)17-14(15)13-9-8-10(3)11(4)12(13)5/h8-9H,6-7H2,1-5H3. The second kappa shape index (κ2) is 5.71. The van der Waals surface area contributed by atoms with Crippen LogP contribution in [0.1, 0.15) is 40.9 Å². The van der Waals surface area contributed by atoms with Crippen LogP contribution in [0.25, 0.3) is 0 Å². The summed E-state index contributed by atoms with van der Waals surface area (Å²) >= 11 is 0. The summed E-state index contributed by atoms with van der Waals surface area (Å²) < 4.78 is 17.4. The van der Waals surface area contributed by atoms with Gasteiger partial charge in [-0.25, -0.2) is 4.79 Å². The fourth-order valence-electron chi connectivity index (χ4n) is 1.73.